The molecule has 0 N–H and O–H groups in total. The largest absolute Gasteiger partial charge is 0.338 e. The van der Waals surface area contributed by atoms with E-state index >= 15 is 0 Å². The first kappa shape index (κ1) is 9.78. The molecule has 2 aromatic rings. The molecule has 0 saturated heterocycles. The number of aryl methyl sites for hydroxylation is 4. The van der Waals surface area contributed by atoms with Gasteiger partial charge in [0.15, 0.2) is 0 Å². The molecule has 2 rings (SSSR count). The maximum atomic E-state index is 3.61. The molecule has 1 heterocycles. The molecule has 0 fully saturated rings. The van der Waals surface area contributed by atoms with Crippen LogP contribution >= 0.6 is 15.9 Å². The van der Waals surface area contributed by atoms with Crippen molar-refractivity contribution in [3.8, 4) is 0 Å². The number of hydrogen-bond donors (Lipinski definition) is 0. The van der Waals surface area contributed by atoms with E-state index in [0.29, 0.717) is 0 Å². The van der Waals surface area contributed by atoms with Crippen molar-refractivity contribution in [2.75, 3.05) is 0 Å². The van der Waals surface area contributed by atoms with E-state index < -0.39 is 0 Å². The second-order valence-corrected chi connectivity index (χ2v) is 4.70. The van der Waals surface area contributed by atoms with E-state index in [1.165, 1.54) is 32.2 Å². The van der Waals surface area contributed by atoms with Gasteiger partial charge in [0.1, 0.15) is 0 Å². The van der Waals surface area contributed by atoms with Crippen LogP contribution in [0.25, 0.3) is 10.9 Å². The third-order valence-electron chi connectivity index (χ3n) is 2.79. The zero-order valence-corrected chi connectivity index (χ0v) is 10.6. The molecule has 0 aliphatic rings. The number of halogens is 1. The molecular weight excluding hydrogens is 238 g/mol. The fourth-order valence-corrected chi connectivity index (χ4v) is 2.54. The van der Waals surface area contributed by atoms with Crippen LogP contribution in [0.2, 0.25) is 0 Å². The van der Waals surface area contributed by atoms with Crippen LogP contribution in [0.4, 0.5) is 0 Å². The summed E-state index contributed by atoms with van der Waals surface area (Å²) < 4.78 is 3.39. The van der Waals surface area contributed by atoms with E-state index in [1.54, 1.807) is 0 Å². The van der Waals surface area contributed by atoms with Gasteiger partial charge in [0.2, 0.25) is 0 Å². The maximum absolute atomic E-state index is 3.61. The number of rotatable bonds is 0. The van der Waals surface area contributed by atoms with Crippen molar-refractivity contribution in [1.82, 2.24) is 4.57 Å². The third kappa shape index (κ3) is 1.21. The van der Waals surface area contributed by atoms with Gasteiger partial charge in [0.25, 0.3) is 0 Å². The lowest BCUT2D eigenvalue weighted by Crippen LogP contribution is -1.89. The van der Waals surface area contributed by atoms with Crippen LogP contribution in [-0.4, -0.2) is 4.57 Å². The van der Waals surface area contributed by atoms with Crippen molar-refractivity contribution in [3.05, 3.63) is 33.4 Å². The minimum Gasteiger partial charge on any atom is -0.338 e. The summed E-state index contributed by atoms with van der Waals surface area (Å²) in [5.41, 5.74) is 5.33. The Hall–Kier alpha value is -0.760. The number of nitrogens with zero attached hydrogens (tertiary/aromatic N) is 1. The zero-order chi connectivity index (χ0) is 10.5. The Labute approximate surface area is 92.9 Å². The van der Waals surface area contributed by atoms with Gasteiger partial charge in [-0.3, -0.25) is 0 Å². The van der Waals surface area contributed by atoms with Gasteiger partial charge in [0.05, 0.1) is 10.1 Å². The van der Waals surface area contributed by atoms with Crippen molar-refractivity contribution in [2.24, 2.45) is 7.05 Å². The molecule has 1 nitrogen and oxygen atoms in total. The lowest BCUT2D eigenvalue weighted by molar-refractivity contribution is 0.930. The van der Waals surface area contributed by atoms with E-state index in [9.17, 15) is 0 Å². The van der Waals surface area contributed by atoms with E-state index in [-0.39, 0.29) is 0 Å². The number of benzene rings is 1. The smallest absolute Gasteiger partial charge is 0.0884 e. The highest BCUT2D eigenvalue weighted by atomic mass is 79.9. The first-order chi connectivity index (χ1) is 6.52. The van der Waals surface area contributed by atoms with Crippen LogP contribution in [0.15, 0.2) is 16.7 Å². The van der Waals surface area contributed by atoms with Crippen LogP contribution in [0.1, 0.15) is 16.7 Å². The maximum Gasteiger partial charge on any atom is 0.0884 e. The van der Waals surface area contributed by atoms with E-state index in [2.05, 4.69) is 60.4 Å². The highest BCUT2D eigenvalue weighted by Gasteiger charge is 2.11. The lowest BCUT2D eigenvalue weighted by Gasteiger charge is -2.03. The lowest BCUT2D eigenvalue weighted by atomic mass is 10.1. The molecule has 0 amide bonds. The van der Waals surface area contributed by atoms with Crippen molar-refractivity contribution in [3.63, 3.8) is 0 Å². The molecule has 0 bridgehead atoms. The first-order valence-corrected chi connectivity index (χ1v) is 5.53. The van der Waals surface area contributed by atoms with Crippen molar-refractivity contribution < 1.29 is 0 Å². The highest BCUT2D eigenvalue weighted by Crippen LogP contribution is 2.31. The van der Waals surface area contributed by atoms with Gasteiger partial charge in [-0.2, -0.15) is 0 Å². The van der Waals surface area contributed by atoms with Crippen molar-refractivity contribution in [2.45, 2.75) is 20.8 Å². The van der Waals surface area contributed by atoms with Crippen LogP contribution in [-0.2, 0) is 7.05 Å². The average molecular weight is 252 g/mol. The first-order valence-electron chi connectivity index (χ1n) is 4.74. The topological polar surface area (TPSA) is 4.93 Å². The molecule has 0 spiro atoms. The zero-order valence-electron chi connectivity index (χ0n) is 8.98. The van der Waals surface area contributed by atoms with Gasteiger partial charge in [-0.05, 0) is 53.9 Å². The molecule has 0 atom stereocenters. The second-order valence-electron chi connectivity index (χ2n) is 3.95. The normalized spacial score (nSPS) is 11.2. The molecule has 14 heavy (non-hydrogen) atoms. The number of hydrogen-bond acceptors (Lipinski definition) is 0. The SMILES string of the molecule is Cc1cc(C)c2c(c1)c(C)c(Br)n2C. The second kappa shape index (κ2) is 3.13. The van der Waals surface area contributed by atoms with Crippen LogP contribution in [0.3, 0.4) is 0 Å². The molecule has 1 aromatic carbocycles. The summed E-state index contributed by atoms with van der Waals surface area (Å²) >= 11 is 3.61. The Morgan fingerprint density at radius 2 is 1.79 bits per heavy atom. The minimum atomic E-state index is 1.18. The van der Waals surface area contributed by atoms with Gasteiger partial charge in [0, 0.05) is 12.4 Å². The summed E-state index contributed by atoms with van der Waals surface area (Å²) in [5, 5.41) is 1.36. The molecule has 0 unspecified atom stereocenters. The number of fused-ring (bicyclic) bond motifs is 1. The average Bonchev–Trinajstić information content (AvgIpc) is 2.31. The summed E-state index contributed by atoms with van der Waals surface area (Å²) in [6.45, 7) is 6.47. The molecule has 74 valence electrons. The van der Waals surface area contributed by atoms with Crippen LogP contribution in [0.5, 0.6) is 0 Å². The highest BCUT2D eigenvalue weighted by molar-refractivity contribution is 9.10. The van der Waals surface area contributed by atoms with Crippen molar-refractivity contribution >= 4 is 26.8 Å². The molecule has 0 radical (unpaired) electrons. The number of aromatic nitrogens is 1. The molecule has 1 aromatic heterocycles. The summed E-state index contributed by atoms with van der Waals surface area (Å²) in [6.07, 6.45) is 0. The molecule has 0 aliphatic heterocycles. The van der Waals surface area contributed by atoms with E-state index in [4.69, 9.17) is 0 Å². The summed E-state index contributed by atoms with van der Waals surface area (Å²) in [4.78, 5) is 0. The molecular formula is C12H14BrN. The van der Waals surface area contributed by atoms with E-state index in [1.807, 2.05) is 0 Å². The van der Waals surface area contributed by atoms with Gasteiger partial charge in [-0.25, -0.2) is 0 Å². The quantitative estimate of drug-likeness (QED) is 0.670. The predicted octanol–water partition coefficient (Wildman–Crippen LogP) is 3.87. The summed E-state index contributed by atoms with van der Waals surface area (Å²) in [5.74, 6) is 0. The fourth-order valence-electron chi connectivity index (χ4n) is 2.15. The standard InChI is InChI=1S/C12H14BrN/c1-7-5-8(2)11-10(6-7)9(3)12(13)14(11)4/h5-6H,1-4H3. The fraction of sp³-hybridized carbons (Fsp3) is 0.333. The molecule has 0 saturated carbocycles. The van der Waals surface area contributed by atoms with Gasteiger partial charge < -0.3 is 4.57 Å². The van der Waals surface area contributed by atoms with Gasteiger partial charge >= 0.3 is 0 Å². The summed E-state index contributed by atoms with van der Waals surface area (Å²) in [6, 6.07) is 4.48. The summed E-state index contributed by atoms with van der Waals surface area (Å²) in [7, 11) is 2.10. The monoisotopic (exact) mass is 251 g/mol. The molecule has 0 aliphatic carbocycles. The van der Waals surface area contributed by atoms with Crippen molar-refractivity contribution in [1.29, 1.82) is 0 Å². The Bertz CT molecular complexity index is 509. The van der Waals surface area contributed by atoms with E-state index in [0.717, 1.165) is 0 Å². The predicted molar refractivity (Wildman–Crippen MR) is 64.8 cm³/mol. The molecule has 2 heteroatoms. The Kier molecular flexibility index (Phi) is 2.18. The van der Waals surface area contributed by atoms with Gasteiger partial charge in [-0.1, -0.05) is 11.6 Å². The Balaban J connectivity index is 3.02. The Morgan fingerprint density at radius 1 is 1.14 bits per heavy atom. The minimum absolute atomic E-state index is 1.18. The van der Waals surface area contributed by atoms with Gasteiger partial charge in [-0.15, -0.1) is 0 Å². The Morgan fingerprint density at radius 3 is 2.43 bits per heavy atom. The van der Waals surface area contributed by atoms with Crippen LogP contribution < -0.4 is 0 Å². The third-order valence-corrected chi connectivity index (χ3v) is 3.91. The van der Waals surface area contributed by atoms with Crippen LogP contribution in [0, 0.1) is 20.8 Å².